The van der Waals surface area contributed by atoms with Crippen molar-refractivity contribution in [2.75, 3.05) is 10.3 Å². The molecule has 0 radical (unpaired) electrons. The molecule has 8 heteroatoms. The zero-order valence-electron chi connectivity index (χ0n) is 13.3. The maximum absolute atomic E-state index is 12.5. The van der Waals surface area contributed by atoms with E-state index in [4.69, 9.17) is 0 Å². The third-order valence-corrected chi connectivity index (χ3v) is 4.34. The van der Waals surface area contributed by atoms with Crippen LogP contribution in [0.5, 0.6) is 0 Å². The van der Waals surface area contributed by atoms with Crippen molar-refractivity contribution >= 4 is 39.7 Å². The quantitative estimate of drug-likeness (QED) is 0.889. The number of aliphatic imine (C=N–C) groups is 1. The average Bonchev–Trinajstić information content (AvgIpc) is 3.05. The molecule has 3 rings (SSSR count). The number of para-hydroxylation sites is 1. The molecule has 0 aliphatic carbocycles. The van der Waals surface area contributed by atoms with Crippen molar-refractivity contribution in [1.82, 2.24) is 10.4 Å². The number of hydrazine groups is 1. The van der Waals surface area contributed by atoms with E-state index in [0.717, 1.165) is 12.1 Å². The first-order valence-electron chi connectivity index (χ1n) is 7.57. The van der Waals surface area contributed by atoms with Gasteiger partial charge in [0.2, 0.25) is 5.84 Å². The molecule has 1 aromatic heterocycles. The van der Waals surface area contributed by atoms with Gasteiger partial charge in [-0.3, -0.25) is 15.0 Å². The summed E-state index contributed by atoms with van der Waals surface area (Å²) in [5.74, 6) is -0.513. The summed E-state index contributed by atoms with van der Waals surface area (Å²) >= 11 is 1.36. The molecule has 2 aromatic rings. The molecule has 1 atom stereocenters. The van der Waals surface area contributed by atoms with E-state index in [2.05, 4.69) is 20.7 Å². The Balaban J connectivity index is 1.81. The van der Waals surface area contributed by atoms with E-state index in [1.165, 1.54) is 16.3 Å². The van der Waals surface area contributed by atoms with Crippen molar-refractivity contribution in [3.05, 3.63) is 41.5 Å². The van der Waals surface area contributed by atoms with Gasteiger partial charge in [-0.15, -0.1) is 11.3 Å². The summed E-state index contributed by atoms with van der Waals surface area (Å²) in [6, 6.07) is 8.45. The molecule has 2 amide bonds. The number of amides is 2. The predicted molar refractivity (Wildman–Crippen MR) is 94.1 cm³/mol. The molecule has 7 nitrogen and oxygen atoms in total. The van der Waals surface area contributed by atoms with Crippen molar-refractivity contribution in [3.8, 4) is 0 Å². The molecule has 1 aromatic carbocycles. The summed E-state index contributed by atoms with van der Waals surface area (Å²) in [5, 5.41) is 4.85. The summed E-state index contributed by atoms with van der Waals surface area (Å²) in [4.78, 5) is 33.2. The average molecular weight is 343 g/mol. The van der Waals surface area contributed by atoms with E-state index in [-0.39, 0.29) is 11.7 Å². The number of hydrogen-bond donors (Lipinski definition) is 2. The van der Waals surface area contributed by atoms with E-state index in [9.17, 15) is 9.59 Å². The molecule has 0 saturated carbocycles. The summed E-state index contributed by atoms with van der Waals surface area (Å²) in [7, 11) is 0. The van der Waals surface area contributed by atoms with Crippen LogP contribution in [0.2, 0.25) is 0 Å². The highest BCUT2D eigenvalue weighted by Gasteiger charge is 2.31. The van der Waals surface area contributed by atoms with Gasteiger partial charge in [0, 0.05) is 0 Å². The first-order chi connectivity index (χ1) is 11.6. The summed E-state index contributed by atoms with van der Waals surface area (Å²) in [6.45, 7) is 3.63. The molecule has 0 unspecified atom stereocenters. The zero-order chi connectivity index (χ0) is 17.1. The smallest absolute Gasteiger partial charge is 0.293 e. The lowest BCUT2D eigenvalue weighted by molar-refractivity contribution is -0.120. The fraction of sp³-hybridized carbons (Fsp3) is 0.250. The SMILES string of the molecule is CCc1ncsc1NC(=O)C1=N[C@@H](C)C(=O)N(c2ccccc2)N1. The Morgan fingerprint density at radius 3 is 2.83 bits per heavy atom. The second-order valence-corrected chi connectivity index (χ2v) is 6.07. The Morgan fingerprint density at radius 1 is 1.38 bits per heavy atom. The van der Waals surface area contributed by atoms with Gasteiger partial charge in [-0.1, -0.05) is 25.1 Å². The largest absolute Gasteiger partial charge is 0.309 e. The molecule has 1 aliphatic heterocycles. The first-order valence-corrected chi connectivity index (χ1v) is 8.45. The maximum Gasteiger partial charge on any atom is 0.293 e. The minimum Gasteiger partial charge on any atom is -0.309 e. The van der Waals surface area contributed by atoms with Gasteiger partial charge in [0.1, 0.15) is 11.0 Å². The van der Waals surface area contributed by atoms with Gasteiger partial charge < -0.3 is 5.32 Å². The van der Waals surface area contributed by atoms with Gasteiger partial charge in [0.25, 0.3) is 11.8 Å². The molecule has 0 saturated heterocycles. The monoisotopic (exact) mass is 343 g/mol. The number of carbonyl (C=O) groups excluding carboxylic acids is 2. The maximum atomic E-state index is 12.5. The van der Waals surface area contributed by atoms with Crippen molar-refractivity contribution in [2.45, 2.75) is 26.3 Å². The van der Waals surface area contributed by atoms with Crippen LogP contribution < -0.4 is 15.8 Å². The topological polar surface area (TPSA) is 86.7 Å². The summed E-state index contributed by atoms with van der Waals surface area (Å²) in [5.41, 5.74) is 5.97. The van der Waals surface area contributed by atoms with Gasteiger partial charge >= 0.3 is 0 Å². The third-order valence-electron chi connectivity index (χ3n) is 3.55. The number of carbonyl (C=O) groups is 2. The number of nitrogens with one attached hydrogen (secondary N) is 2. The highest BCUT2D eigenvalue weighted by molar-refractivity contribution is 7.14. The van der Waals surface area contributed by atoms with Crippen LogP contribution in [0.4, 0.5) is 10.7 Å². The number of hydrogen-bond acceptors (Lipinski definition) is 6. The number of nitrogens with zero attached hydrogens (tertiary/aromatic N) is 3. The Labute approximate surface area is 143 Å². The lowest BCUT2D eigenvalue weighted by Gasteiger charge is -2.30. The predicted octanol–water partition coefficient (Wildman–Crippen LogP) is 1.98. The number of rotatable bonds is 4. The second kappa shape index (κ2) is 6.79. The number of benzene rings is 1. The number of aromatic nitrogens is 1. The molecule has 0 fully saturated rings. The standard InChI is InChI=1S/C16H17N5O2S/c1-3-12-15(24-9-17-12)19-14(22)13-18-10(2)16(23)21(20-13)11-7-5-4-6-8-11/h4-10H,3H2,1-2H3,(H,18,20)(H,19,22)/t10-/m0/s1. The van der Waals surface area contributed by atoms with E-state index in [0.29, 0.717) is 10.7 Å². The fourth-order valence-corrected chi connectivity index (χ4v) is 3.06. The molecular weight excluding hydrogens is 326 g/mol. The van der Waals surface area contributed by atoms with Crippen LogP contribution in [0.1, 0.15) is 19.5 Å². The van der Waals surface area contributed by atoms with Crippen LogP contribution in [-0.4, -0.2) is 28.7 Å². The normalized spacial score (nSPS) is 17.2. The summed E-state index contributed by atoms with van der Waals surface area (Å²) < 4.78 is 0. The highest BCUT2D eigenvalue weighted by Crippen LogP contribution is 2.21. The molecule has 2 N–H and O–H groups in total. The van der Waals surface area contributed by atoms with E-state index >= 15 is 0 Å². The molecule has 1 aliphatic rings. The van der Waals surface area contributed by atoms with Crippen LogP contribution in [-0.2, 0) is 16.0 Å². The van der Waals surface area contributed by atoms with Crippen LogP contribution in [0.3, 0.4) is 0 Å². The van der Waals surface area contributed by atoms with Crippen molar-refractivity contribution in [2.24, 2.45) is 4.99 Å². The van der Waals surface area contributed by atoms with Crippen molar-refractivity contribution in [3.63, 3.8) is 0 Å². The molecule has 124 valence electrons. The lowest BCUT2D eigenvalue weighted by Crippen LogP contribution is -2.57. The van der Waals surface area contributed by atoms with E-state index < -0.39 is 11.9 Å². The fourth-order valence-electron chi connectivity index (χ4n) is 2.29. The number of anilines is 2. The van der Waals surface area contributed by atoms with Crippen LogP contribution in [0.25, 0.3) is 0 Å². The molecular formula is C16H17N5O2S. The molecule has 0 bridgehead atoms. The van der Waals surface area contributed by atoms with Gasteiger partial charge in [0.15, 0.2) is 0 Å². The second-order valence-electron chi connectivity index (χ2n) is 5.21. The van der Waals surface area contributed by atoms with Gasteiger partial charge in [-0.2, -0.15) is 0 Å². The number of aryl methyl sites for hydroxylation is 1. The minimum absolute atomic E-state index is 0.0985. The number of thiazole rings is 1. The Morgan fingerprint density at radius 2 is 2.12 bits per heavy atom. The number of amidine groups is 1. The van der Waals surface area contributed by atoms with E-state index in [1.54, 1.807) is 24.6 Å². The van der Waals surface area contributed by atoms with Crippen molar-refractivity contribution < 1.29 is 9.59 Å². The highest BCUT2D eigenvalue weighted by atomic mass is 32.1. The van der Waals surface area contributed by atoms with Crippen LogP contribution >= 0.6 is 11.3 Å². The van der Waals surface area contributed by atoms with Crippen LogP contribution in [0, 0.1) is 0 Å². The Bertz CT molecular complexity index is 787. The van der Waals surface area contributed by atoms with E-state index in [1.807, 2.05) is 25.1 Å². The van der Waals surface area contributed by atoms with Crippen molar-refractivity contribution in [1.29, 1.82) is 0 Å². The molecule has 0 spiro atoms. The van der Waals surface area contributed by atoms with Gasteiger partial charge in [0.05, 0.1) is 16.9 Å². The summed E-state index contributed by atoms with van der Waals surface area (Å²) in [6.07, 6.45) is 0.726. The first kappa shape index (κ1) is 16.1. The Hall–Kier alpha value is -2.74. The van der Waals surface area contributed by atoms with Gasteiger partial charge in [-0.25, -0.2) is 15.0 Å². The molecule has 2 heterocycles. The van der Waals surface area contributed by atoms with Gasteiger partial charge in [-0.05, 0) is 25.5 Å². The zero-order valence-corrected chi connectivity index (χ0v) is 14.1. The third kappa shape index (κ3) is 3.13. The molecule has 24 heavy (non-hydrogen) atoms. The van der Waals surface area contributed by atoms with Crippen LogP contribution in [0.15, 0.2) is 40.8 Å². The Kier molecular flexibility index (Phi) is 4.57. The lowest BCUT2D eigenvalue weighted by atomic mass is 10.2. The minimum atomic E-state index is -0.640.